The van der Waals surface area contributed by atoms with Crippen molar-refractivity contribution in [2.45, 2.75) is 24.2 Å². The maximum absolute atomic E-state index is 13.1. The average molecular weight is 455 g/mol. The highest BCUT2D eigenvalue weighted by molar-refractivity contribution is 7.89. The van der Waals surface area contributed by atoms with Gasteiger partial charge in [0, 0.05) is 31.4 Å². The fraction of sp³-hybridized carbons (Fsp3) is 0.238. The second-order valence-electron chi connectivity index (χ2n) is 7.34. The molecule has 1 fully saturated rings. The Labute approximate surface area is 184 Å². The molecule has 0 bridgehead atoms. The number of nitrogens with one attached hydrogen (secondary N) is 1. The third-order valence-corrected chi connectivity index (χ3v) is 7.15. The highest BCUT2D eigenvalue weighted by Crippen LogP contribution is 2.27. The van der Waals surface area contributed by atoms with E-state index in [0.717, 1.165) is 19.3 Å². The molecule has 1 saturated heterocycles. The molecule has 1 aromatic heterocycles. The Morgan fingerprint density at radius 1 is 1.03 bits per heavy atom. The largest absolute Gasteiger partial charge is 0.319 e. The first kappa shape index (κ1) is 21.7. The standard InChI is InChI=1S/C21H21N5O5S/c27-21(19-11-14-25(23-19)16-7-6-8-17(15-16)26(28)29)22-18-9-2-3-10-20(18)32(30,31)24-12-4-1-5-13-24/h2-3,6-11,14-15H,1,4-5,12-13H2,(H,22,27). The van der Waals surface area contributed by atoms with Crippen LogP contribution in [0.25, 0.3) is 5.69 Å². The first-order valence-electron chi connectivity index (χ1n) is 10.1. The number of sulfonamides is 1. The molecule has 11 heteroatoms. The van der Waals surface area contributed by atoms with E-state index in [2.05, 4.69) is 10.4 Å². The number of hydrogen-bond acceptors (Lipinski definition) is 6. The lowest BCUT2D eigenvalue weighted by Crippen LogP contribution is -2.36. The number of amides is 1. The van der Waals surface area contributed by atoms with Crippen molar-refractivity contribution in [2.75, 3.05) is 18.4 Å². The summed E-state index contributed by atoms with van der Waals surface area (Å²) in [4.78, 5) is 23.3. The summed E-state index contributed by atoms with van der Waals surface area (Å²) >= 11 is 0. The van der Waals surface area contributed by atoms with Gasteiger partial charge < -0.3 is 5.32 Å². The van der Waals surface area contributed by atoms with Gasteiger partial charge in [-0.05, 0) is 37.1 Å². The van der Waals surface area contributed by atoms with Crippen molar-refractivity contribution in [1.82, 2.24) is 14.1 Å². The van der Waals surface area contributed by atoms with Crippen molar-refractivity contribution in [3.05, 3.63) is 76.6 Å². The zero-order valence-electron chi connectivity index (χ0n) is 17.0. The molecule has 0 saturated carbocycles. The maximum Gasteiger partial charge on any atom is 0.276 e. The van der Waals surface area contributed by atoms with Crippen molar-refractivity contribution >= 4 is 27.3 Å². The summed E-state index contributed by atoms with van der Waals surface area (Å²) in [5.74, 6) is -0.588. The molecular weight excluding hydrogens is 434 g/mol. The summed E-state index contributed by atoms with van der Waals surface area (Å²) in [6.45, 7) is 0.913. The first-order chi connectivity index (χ1) is 15.4. The number of para-hydroxylation sites is 1. The molecule has 4 rings (SSSR count). The number of nitro groups is 1. The summed E-state index contributed by atoms with van der Waals surface area (Å²) in [5.41, 5.74) is 0.543. The highest BCUT2D eigenvalue weighted by Gasteiger charge is 2.28. The molecule has 0 atom stereocenters. The van der Waals surface area contributed by atoms with Gasteiger partial charge in [-0.2, -0.15) is 9.40 Å². The smallest absolute Gasteiger partial charge is 0.276 e. The minimum absolute atomic E-state index is 0.0355. The number of benzene rings is 2. The number of nitro benzene ring substituents is 1. The molecule has 1 aliphatic heterocycles. The molecule has 2 aromatic carbocycles. The number of rotatable bonds is 6. The Hall–Kier alpha value is -3.57. The molecule has 3 aromatic rings. The van der Waals surface area contributed by atoms with E-state index in [0.29, 0.717) is 18.8 Å². The van der Waals surface area contributed by atoms with Crippen LogP contribution in [0.4, 0.5) is 11.4 Å². The van der Waals surface area contributed by atoms with Crippen molar-refractivity contribution in [1.29, 1.82) is 0 Å². The molecule has 10 nitrogen and oxygen atoms in total. The van der Waals surface area contributed by atoms with Gasteiger partial charge in [0.2, 0.25) is 10.0 Å². The van der Waals surface area contributed by atoms with Crippen molar-refractivity contribution in [3.8, 4) is 5.69 Å². The number of carbonyl (C=O) groups excluding carboxylic acids is 1. The Kier molecular flexibility index (Phi) is 6.01. The Balaban J connectivity index is 1.57. The summed E-state index contributed by atoms with van der Waals surface area (Å²) in [5, 5.41) is 17.8. The summed E-state index contributed by atoms with van der Waals surface area (Å²) in [7, 11) is -3.74. The summed E-state index contributed by atoms with van der Waals surface area (Å²) in [6, 6.07) is 13.6. The fourth-order valence-corrected chi connectivity index (χ4v) is 5.23. The van der Waals surface area contributed by atoms with Gasteiger partial charge in [-0.25, -0.2) is 13.1 Å². The van der Waals surface area contributed by atoms with Gasteiger partial charge in [0.15, 0.2) is 5.69 Å². The van der Waals surface area contributed by atoms with E-state index < -0.39 is 20.9 Å². The van der Waals surface area contributed by atoms with Gasteiger partial charge >= 0.3 is 0 Å². The Bertz CT molecular complexity index is 1260. The summed E-state index contributed by atoms with van der Waals surface area (Å²) < 4.78 is 29.0. The van der Waals surface area contributed by atoms with Crippen LogP contribution in [0.15, 0.2) is 65.7 Å². The predicted octanol–water partition coefficient (Wildman–Crippen LogP) is 3.21. The van der Waals surface area contributed by atoms with E-state index in [-0.39, 0.29) is 22.0 Å². The van der Waals surface area contributed by atoms with E-state index in [1.807, 2.05) is 0 Å². The lowest BCUT2D eigenvalue weighted by atomic mass is 10.2. The number of piperidine rings is 1. The van der Waals surface area contributed by atoms with Crippen LogP contribution >= 0.6 is 0 Å². The SMILES string of the molecule is O=C(Nc1ccccc1S(=O)(=O)N1CCCCC1)c1ccn(-c2cccc([N+](=O)[O-])c2)n1. The highest BCUT2D eigenvalue weighted by atomic mass is 32.2. The molecular formula is C21H21N5O5S. The van der Waals surface area contributed by atoms with Crippen LogP contribution in [0, 0.1) is 10.1 Å². The Morgan fingerprint density at radius 2 is 1.78 bits per heavy atom. The number of carbonyl (C=O) groups is 1. The van der Waals surface area contributed by atoms with E-state index in [1.54, 1.807) is 18.2 Å². The van der Waals surface area contributed by atoms with Crippen LogP contribution in [-0.2, 0) is 10.0 Å². The van der Waals surface area contributed by atoms with Crippen LogP contribution in [0.2, 0.25) is 0 Å². The van der Waals surface area contributed by atoms with E-state index >= 15 is 0 Å². The number of hydrogen-bond donors (Lipinski definition) is 1. The van der Waals surface area contributed by atoms with E-state index in [4.69, 9.17) is 0 Å². The molecule has 32 heavy (non-hydrogen) atoms. The molecule has 1 N–H and O–H groups in total. The Morgan fingerprint density at radius 3 is 2.53 bits per heavy atom. The molecule has 0 aliphatic carbocycles. The molecule has 0 spiro atoms. The van der Waals surface area contributed by atoms with Crippen molar-refractivity contribution < 1.29 is 18.1 Å². The van der Waals surface area contributed by atoms with Crippen LogP contribution in [-0.4, -0.2) is 46.4 Å². The lowest BCUT2D eigenvalue weighted by Gasteiger charge is -2.26. The van der Waals surface area contributed by atoms with Crippen LogP contribution in [0.5, 0.6) is 0 Å². The molecule has 0 unspecified atom stereocenters. The minimum Gasteiger partial charge on any atom is -0.319 e. The van der Waals surface area contributed by atoms with Crippen LogP contribution in [0.3, 0.4) is 0 Å². The second-order valence-corrected chi connectivity index (χ2v) is 9.24. The molecule has 1 aliphatic rings. The topological polar surface area (TPSA) is 127 Å². The molecule has 2 heterocycles. The van der Waals surface area contributed by atoms with Crippen LogP contribution in [0.1, 0.15) is 29.8 Å². The average Bonchev–Trinajstić information content (AvgIpc) is 3.31. The number of non-ortho nitro benzene ring substituents is 1. The molecule has 0 radical (unpaired) electrons. The van der Waals surface area contributed by atoms with Gasteiger partial charge in [0.05, 0.1) is 16.3 Å². The summed E-state index contributed by atoms with van der Waals surface area (Å²) in [6.07, 6.45) is 4.12. The van der Waals surface area contributed by atoms with Crippen molar-refractivity contribution in [2.24, 2.45) is 0 Å². The third kappa shape index (κ3) is 4.39. The molecule has 166 valence electrons. The van der Waals surface area contributed by atoms with Gasteiger partial charge in [-0.1, -0.05) is 24.6 Å². The van der Waals surface area contributed by atoms with Gasteiger partial charge in [0.1, 0.15) is 4.90 Å². The van der Waals surface area contributed by atoms with Gasteiger partial charge in [-0.3, -0.25) is 14.9 Å². The molecule has 1 amide bonds. The lowest BCUT2D eigenvalue weighted by molar-refractivity contribution is -0.384. The zero-order chi connectivity index (χ0) is 22.7. The van der Waals surface area contributed by atoms with E-state index in [1.165, 1.54) is 51.6 Å². The quantitative estimate of drug-likeness (QED) is 0.449. The first-order valence-corrected chi connectivity index (χ1v) is 11.5. The predicted molar refractivity (Wildman–Crippen MR) is 117 cm³/mol. The normalized spacial score (nSPS) is 14.8. The maximum atomic E-state index is 13.1. The second kappa shape index (κ2) is 8.89. The monoisotopic (exact) mass is 455 g/mol. The van der Waals surface area contributed by atoms with Gasteiger partial charge in [-0.15, -0.1) is 0 Å². The third-order valence-electron chi connectivity index (χ3n) is 5.19. The number of aromatic nitrogens is 2. The number of nitrogens with zero attached hydrogens (tertiary/aromatic N) is 4. The van der Waals surface area contributed by atoms with E-state index in [9.17, 15) is 23.3 Å². The van der Waals surface area contributed by atoms with Crippen LogP contribution < -0.4 is 5.32 Å². The fourth-order valence-electron chi connectivity index (χ4n) is 3.56. The van der Waals surface area contributed by atoms with Crippen molar-refractivity contribution in [3.63, 3.8) is 0 Å². The minimum atomic E-state index is -3.74. The zero-order valence-corrected chi connectivity index (χ0v) is 17.9. The number of anilines is 1. The van der Waals surface area contributed by atoms with Gasteiger partial charge in [0.25, 0.3) is 11.6 Å².